The van der Waals surface area contributed by atoms with Crippen molar-refractivity contribution in [1.82, 2.24) is 25.2 Å². The van der Waals surface area contributed by atoms with E-state index in [0.29, 0.717) is 22.8 Å². The van der Waals surface area contributed by atoms with Crippen LogP contribution in [0.25, 0.3) is 11.3 Å². The lowest BCUT2D eigenvalue weighted by Gasteiger charge is -2.28. The molecule has 37 heavy (non-hydrogen) atoms. The minimum absolute atomic E-state index is 0.0219. The second-order valence-corrected chi connectivity index (χ2v) is 9.64. The van der Waals surface area contributed by atoms with Gasteiger partial charge in [-0.25, -0.2) is 23.7 Å². The molecule has 196 valence electrons. The molecule has 1 fully saturated rings. The molecule has 11 heteroatoms. The van der Waals surface area contributed by atoms with E-state index in [1.165, 1.54) is 6.07 Å². The number of anilines is 5. The number of halogens is 2. The number of aromatic nitrogens is 3. The average Bonchev–Trinajstić information content (AvgIpc) is 3.23. The number of nitrogens with one attached hydrogen (secondary N) is 4. The zero-order chi connectivity index (χ0) is 25.9. The van der Waals surface area contributed by atoms with Crippen LogP contribution < -0.4 is 26.2 Å². The van der Waals surface area contributed by atoms with Gasteiger partial charge in [-0.1, -0.05) is 0 Å². The van der Waals surface area contributed by atoms with Crippen molar-refractivity contribution in [3.63, 3.8) is 0 Å². The fourth-order valence-corrected chi connectivity index (χ4v) is 4.90. The maximum Gasteiger partial charge on any atom is 0.229 e. The summed E-state index contributed by atoms with van der Waals surface area (Å²) in [6.45, 7) is 12.0. The summed E-state index contributed by atoms with van der Waals surface area (Å²) >= 11 is 0. The van der Waals surface area contributed by atoms with Gasteiger partial charge in [-0.3, -0.25) is 4.90 Å². The molecule has 3 aromatic rings. The zero-order valence-electron chi connectivity index (χ0n) is 21.4. The Morgan fingerprint density at radius 3 is 2.62 bits per heavy atom. The van der Waals surface area contributed by atoms with E-state index in [4.69, 9.17) is 0 Å². The molecular formula is C26H33F2N9. The number of pyridine rings is 1. The zero-order valence-corrected chi connectivity index (χ0v) is 21.4. The predicted molar refractivity (Wildman–Crippen MR) is 143 cm³/mol. The van der Waals surface area contributed by atoms with Gasteiger partial charge in [0.15, 0.2) is 5.82 Å². The molecule has 9 nitrogen and oxygen atoms in total. The van der Waals surface area contributed by atoms with Gasteiger partial charge in [-0.15, -0.1) is 0 Å². The predicted octanol–water partition coefficient (Wildman–Crippen LogP) is 3.86. The number of rotatable bonds is 8. The topological polar surface area (TPSA) is 93.3 Å². The Bertz CT molecular complexity index is 1230. The molecule has 1 aromatic carbocycles. The molecule has 4 N–H and O–H groups in total. The van der Waals surface area contributed by atoms with Crippen molar-refractivity contribution in [2.45, 2.75) is 33.0 Å². The van der Waals surface area contributed by atoms with E-state index in [1.54, 1.807) is 12.3 Å². The van der Waals surface area contributed by atoms with Gasteiger partial charge >= 0.3 is 0 Å². The van der Waals surface area contributed by atoms with E-state index < -0.39 is 11.6 Å². The van der Waals surface area contributed by atoms with Crippen LogP contribution in [0.5, 0.6) is 0 Å². The van der Waals surface area contributed by atoms with Crippen molar-refractivity contribution in [2.75, 3.05) is 60.1 Å². The highest BCUT2D eigenvalue weighted by Crippen LogP contribution is 2.41. The third-order valence-corrected chi connectivity index (χ3v) is 6.66. The van der Waals surface area contributed by atoms with Gasteiger partial charge in [0, 0.05) is 50.9 Å². The van der Waals surface area contributed by atoms with Gasteiger partial charge in [0.2, 0.25) is 5.95 Å². The molecule has 0 saturated carbocycles. The van der Waals surface area contributed by atoms with Crippen LogP contribution in [0.15, 0.2) is 36.7 Å². The second-order valence-electron chi connectivity index (χ2n) is 9.64. The normalized spacial score (nSPS) is 17.6. The molecule has 0 aliphatic carbocycles. The van der Waals surface area contributed by atoms with Gasteiger partial charge in [0.25, 0.3) is 0 Å². The van der Waals surface area contributed by atoms with Crippen LogP contribution in [0.1, 0.15) is 20.8 Å². The first-order chi connectivity index (χ1) is 17.9. The summed E-state index contributed by atoms with van der Waals surface area (Å²) in [7, 11) is 0. The van der Waals surface area contributed by atoms with E-state index in [1.807, 2.05) is 32.9 Å². The first-order valence-corrected chi connectivity index (χ1v) is 12.7. The standard InChI is InChI=1S/C26H33F2N9/c1-16(2)37-17(3)33-25-20(27)12-18(13-22(25)37)24-21(28)15-32-26(35-24)34-23-5-4-19(14-31-23)30-8-11-36-9-6-29-7-10-36/h4-5,12-17,29-30,33H,6-11H2,1-3H3,(H,31,32,34,35). The number of benzene rings is 1. The molecule has 5 rings (SSSR count). The summed E-state index contributed by atoms with van der Waals surface area (Å²) in [6.07, 6.45) is 2.75. The van der Waals surface area contributed by atoms with Crippen LogP contribution in [0.2, 0.25) is 0 Å². The van der Waals surface area contributed by atoms with E-state index in [9.17, 15) is 8.78 Å². The summed E-state index contributed by atoms with van der Waals surface area (Å²) in [6, 6.07) is 6.93. The summed E-state index contributed by atoms with van der Waals surface area (Å²) in [5.74, 6) is -0.375. The van der Waals surface area contributed by atoms with Crippen molar-refractivity contribution in [3.05, 3.63) is 48.3 Å². The van der Waals surface area contributed by atoms with Crippen LogP contribution in [0.3, 0.4) is 0 Å². The van der Waals surface area contributed by atoms with Gasteiger partial charge in [0.05, 0.1) is 35.6 Å². The van der Waals surface area contributed by atoms with Crippen LogP contribution in [0, 0.1) is 11.6 Å². The van der Waals surface area contributed by atoms with E-state index >= 15 is 0 Å². The van der Waals surface area contributed by atoms with Crippen LogP contribution in [-0.4, -0.2) is 71.3 Å². The second kappa shape index (κ2) is 10.8. The van der Waals surface area contributed by atoms with Gasteiger partial charge in [-0.2, -0.15) is 0 Å². The molecular weight excluding hydrogens is 476 g/mol. The number of fused-ring (bicyclic) bond motifs is 1. The highest BCUT2D eigenvalue weighted by molar-refractivity contribution is 5.82. The summed E-state index contributed by atoms with van der Waals surface area (Å²) in [5, 5.41) is 12.9. The van der Waals surface area contributed by atoms with E-state index in [0.717, 1.165) is 51.2 Å². The SMILES string of the molecule is CC(C)N1c2cc(-c3nc(Nc4ccc(NCCN5CCNCC5)cn4)ncc3F)cc(F)c2NC1C. The maximum atomic E-state index is 15.0. The maximum absolute atomic E-state index is 15.0. The number of hydrogen-bond acceptors (Lipinski definition) is 9. The Labute approximate surface area is 215 Å². The lowest BCUT2D eigenvalue weighted by atomic mass is 10.1. The van der Waals surface area contributed by atoms with Gasteiger partial charge in [0.1, 0.15) is 17.3 Å². The number of nitrogens with zero attached hydrogens (tertiary/aromatic N) is 5. The third-order valence-electron chi connectivity index (χ3n) is 6.66. The smallest absolute Gasteiger partial charge is 0.229 e. The van der Waals surface area contributed by atoms with Gasteiger partial charge in [-0.05, 0) is 45.0 Å². The Hall–Kier alpha value is -3.57. The van der Waals surface area contributed by atoms with Crippen LogP contribution in [-0.2, 0) is 0 Å². The van der Waals surface area contributed by atoms with Crippen molar-refractivity contribution in [2.24, 2.45) is 0 Å². The fraction of sp³-hybridized carbons (Fsp3) is 0.423. The molecule has 1 unspecified atom stereocenters. The molecule has 2 aliphatic heterocycles. The number of piperazine rings is 1. The summed E-state index contributed by atoms with van der Waals surface area (Å²) in [5.41, 5.74) is 2.38. The molecule has 1 saturated heterocycles. The molecule has 2 aromatic heterocycles. The molecule has 0 amide bonds. The summed E-state index contributed by atoms with van der Waals surface area (Å²) in [4.78, 5) is 17.3. The minimum atomic E-state index is -0.628. The van der Waals surface area contributed by atoms with Crippen LogP contribution in [0.4, 0.5) is 37.6 Å². The summed E-state index contributed by atoms with van der Waals surface area (Å²) < 4.78 is 29.7. The first-order valence-electron chi connectivity index (χ1n) is 12.7. The highest BCUT2D eigenvalue weighted by Gasteiger charge is 2.31. The van der Waals surface area contributed by atoms with Crippen molar-refractivity contribution in [3.8, 4) is 11.3 Å². The number of hydrogen-bond donors (Lipinski definition) is 4. The monoisotopic (exact) mass is 509 g/mol. The quantitative estimate of drug-likeness (QED) is 0.361. The Morgan fingerprint density at radius 1 is 1.08 bits per heavy atom. The Balaban J connectivity index is 1.28. The third kappa shape index (κ3) is 5.57. The lowest BCUT2D eigenvalue weighted by Crippen LogP contribution is -2.45. The Kier molecular flexibility index (Phi) is 7.33. The average molecular weight is 510 g/mol. The largest absolute Gasteiger partial charge is 0.383 e. The van der Waals surface area contributed by atoms with Gasteiger partial charge < -0.3 is 26.2 Å². The molecule has 0 bridgehead atoms. The first kappa shape index (κ1) is 25.1. The molecule has 1 atom stereocenters. The fourth-order valence-electron chi connectivity index (χ4n) is 4.90. The minimum Gasteiger partial charge on any atom is -0.383 e. The van der Waals surface area contributed by atoms with Crippen molar-refractivity contribution < 1.29 is 8.78 Å². The molecule has 2 aliphatic rings. The van der Waals surface area contributed by atoms with Crippen LogP contribution >= 0.6 is 0 Å². The Morgan fingerprint density at radius 2 is 1.89 bits per heavy atom. The lowest BCUT2D eigenvalue weighted by molar-refractivity contribution is 0.249. The highest BCUT2D eigenvalue weighted by atomic mass is 19.1. The van der Waals surface area contributed by atoms with Crippen molar-refractivity contribution >= 4 is 28.8 Å². The molecule has 4 heterocycles. The van der Waals surface area contributed by atoms with E-state index in [-0.39, 0.29) is 23.8 Å². The molecule has 0 radical (unpaired) electrons. The van der Waals surface area contributed by atoms with E-state index in [2.05, 4.69) is 46.0 Å². The molecule has 0 spiro atoms. The van der Waals surface area contributed by atoms with Crippen molar-refractivity contribution in [1.29, 1.82) is 0 Å².